The maximum atomic E-state index is 5.40. The van der Waals surface area contributed by atoms with Crippen LogP contribution in [0.5, 0.6) is 0 Å². The van der Waals surface area contributed by atoms with Crippen LogP contribution >= 0.6 is 12.2 Å². The number of aromatic nitrogens is 4. The Morgan fingerprint density at radius 1 is 1.35 bits per heavy atom. The van der Waals surface area contributed by atoms with Crippen molar-refractivity contribution in [3.63, 3.8) is 0 Å². The van der Waals surface area contributed by atoms with Gasteiger partial charge in [0, 0.05) is 30.4 Å². The summed E-state index contributed by atoms with van der Waals surface area (Å²) < 4.78 is 8.01. The van der Waals surface area contributed by atoms with Gasteiger partial charge in [0.15, 0.2) is 10.6 Å². The highest BCUT2D eigenvalue weighted by molar-refractivity contribution is 7.71. The molecule has 1 unspecified atom stereocenters. The first kappa shape index (κ1) is 12.8. The second-order valence-electron chi connectivity index (χ2n) is 4.59. The third-order valence-electron chi connectivity index (χ3n) is 3.16. The van der Waals surface area contributed by atoms with E-state index in [0.717, 1.165) is 23.6 Å². The first-order valence-electron chi connectivity index (χ1n) is 6.35. The van der Waals surface area contributed by atoms with Gasteiger partial charge < -0.3 is 4.42 Å². The number of hydrogen-bond acceptors (Lipinski definition) is 4. The Balaban J connectivity index is 1.97. The molecule has 0 saturated carbocycles. The lowest BCUT2D eigenvalue weighted by Gasteiger charge is -2.14. The van der Waals surface area contributed by atoms with E-state index in [2.05, 4.69) is 22.1 Å². The third kappa shape index (κ3) is 2.42. The van der Waals surface area contributed by atoms with E-state index in [1.54, 1.807) is 18.7 Å². The van der Waals surface area contributed by atoms with Gasteiger partial charge in [-0.25, -0.2) is 0 Å². The van der Waals surface area contributed by atoms with Crippen molar-refractivity contribution in [1.82, 2.24) is 19.7 Å². The zero-order valence-corrected chi connectivity index (χ0v) is 11.8. The van der Waals surface area contributed by atoms with Crippen molar-refractivity contribution < 1.29 is 4.42 Å². The predicted molar refractivity (Wildman–Crippen MR) is 77.8 cm³/mol. The SMILES string of the molecule is CC(Cc1ccco1)n1c(-c2ccncc2)n[nH]c1=S. The summed E-state index contributed by atoms with van der Waals surface area (Å²) in [6, 6.07) is 7.84. The standard InChI is InChI=1S/C14H14N4OS/c1-10(9-12-3-2-8-19-12)18-13(16-17-14(18)20)11-4-6-15-7-5-11/h2-8,10H,9H2,1H3,(H,17,20). The maximum absolute atomic E-state index is 5.40. The molecule has 0 aliphatic carbocycles. The molecule has 5 nitrogen and oxygen atoms in total. The highest BCUT2D eigenvalue weighted by atomic mass is 32.1. The second-order valence-corrected chi connectivity index (χ2v) is 4.98. The summed E-state index contributed by atoms with van der Waals surface area (Å²) in [6.07, 6.45) is 5.93. The average Bonchev–Trinajstić information content (AvgIpc) is 3.09. The molecule has 0 saturated heterocycles. The number of hydrogen-bond donors (Lipinski definition) is 1. The molecule has 6 heteroatoms. The quantitative estimate of drug-likeness (QED) is 0.747. The van der Waals surface area contributed by atoms with E-state index in [1.807, 2.05) is 28.8 Å². The van der Waals surface area contributed by atoms with Gasteiger partial charge in [0.1, 0.15) is 5.76 Å². The smallest absolute Gasteiger partial charge is 0.195 e. The minimum atomic E-state index is 0.149. The summed E-state index contributed by atoms with van der Waals surface area (Å²) in [5, 5.41) is 7.18. The lowest BCUT2D eigenvalue weighted by atomic mass is 10.1. The van der Waals surface area contributed by atoms with Gasteiger partial charge in [0.25, 0.3) is 0 Å². The molecule has 0 aromatic carbocycles. The third-order valence-corrected chi connectivity index (χ3v) is 3.45. The number of pyridine rings is 1. The highest BCUT2D eigenvalue weighted by Crippen LogP contribution is 2.23. The first-order chi connectivity index (χ1) is 9.75. The normalized spacial score (nSPS) is 12.4. The van der Waals surface area contributed by atoms with Crippen molar-refractivity contribution in [3.05, 3.63) is 53.5 Å². The second kappa shape index (κ2) is 5.42. The largest absolute Gasteiger partial charge is 0.469 e. The van der Waals surface area contributed by atoms with Gasteiger partial charge in [-0.2, -0.15) is 5.10 Å². The highest BCUT2D eigenvalue weighted by Gasteiger charge is 2.15. The molecule has 3 heterocycles. The van der Waals surface area contributed by atoms with Crippen LogP contribution < -0.4 is 0 Å². The van der Waals surface area contributed by atoms with Gasteiger partial charge in [-0.1, -0.05) is 0 Å². The Hall–Kier alpha value is -2.21. The van der Waals surface area contributed by atoms with Crippen LogP contribution in [0.2, 0.25) is 0 Å². The van der Waals surface area contributed by atoms with Crippen molar-refractivity contribution in [2.75, 3.05) is 0 Å². The van der Waals surface area contributed by atoms with E-state index in [4.69, 9.17) is 16.6 Å². The van der Waals surface area contributed by atoms with E-state index >= 15 is 0 Å². The maximum Gasteiger partial charge on any atom is 0.195 e. The molecule has 0 radical (unpaired) electrons. The molecular formula is C14H14N4OS. The molecule has 0 aliphatic rings. The fourth-order valence-corrected chi connectivity index (χ4v) is 2.54. The Labute approximate surface area is 121 Å². The molecule has 0 fully saturated rings. The molecule has 20 heavy (non-hydrogen) atoms. The lowest BCUT2D eigenvalue weighted by Crippen LogP contribution is -2.10. The molecule has 0 spiro atoms. The fourth-order valence-electron chi connectivity index (χ4n) is 2.23. The molecular weight excluding hydrogens is 272 g/mol. The van der Waals surface area contributed by atoms with Gasteiger partial charge in [-0.3, -0.25) is 14.6 Å². The van der Waals surface area contributed by atoms with Crippen molar-refractivity contribution >= 4 is 12.2 Å². The van der Waals surface area contributed by atoms with Gasteiger partial charge >= 0.3 is 0 Å². The minimum Gasteiger partial charge on any atom is -0.469 e. The van der Waals surface area contributed by atoms with Gasteiger partial charge in [0.2, 0.25) is 0 Å². The van der Waals surface area contributed by atoms with Crippen LogP contribution in [0.25, 0.3) is 11.4 Å². The van der Waals surface area contributed by atoms with Crippen LogP contribution in [0, 0.1) is 4.77 Å². The Morgan fingerprint density at radius 3 is 2.85 bits per heavy atom. The Kier molecular flexibility index (Phi) is 3.47. The van der Waals surface area contributed by atoms with Gasteiger partial charge in [-0.15, -0.1) is 0 Å². The van der Waals surface area contributed by atoms with E-state index in [0.29, 0.717) is 4.77 Å². The molecule has 102 valence electrons. The molecule has 1 N–H and O–H groups in total. The summed E-state index contributed by atoms with van der Waals surface area (Å²) in [5.41, 5.74) is 0.985. The number of aromatic amines is 1. The number of furan rings is 1. The average molecular weight is 286 g/mol. The topological polar surface area (TPSA) is 59.6 Å². The zero-order chi connectivity index (χ0) is 13.9. The van der Waals surface area contributed by atoms with Crippen LogP contribution in [0.15, 0.2) is 47.3 Å². The summed E-state index contributed by atoms with van der Waals surface area (Å²) in [4.78, 5) is 4.02. The van der Waals surface area contributed by atoms with Gasteiger partial charge in [0.05, 0.1) is 6.26 Å². The Bertz CT molecular complexity index is 730. The number of rotatable bonds is 4. The van der Waals surface area contributed by atoms with E-state index in [9.17, 15) is 0 Å². The van der Waals surface area contributed by atoms with Crippen LogP contribution in [0.4, 0.5) is 0 Å². The molecule has 1 atom stereocenters. The van der Waals surface area contributed by atoms with Crippen LogP contribution in [-0.2, 0) is 6.42 Å². The van der Waals surface area contributed by atoms with Crippen molar-refractivity contribution in [1.29, 1.82) is 0 Å². The van der Waals surface area contributed by atoms with Crippen LogP contribution in [-0.4, -0.2) is 19.7 Å². The van der Waals surface area contributed by atoms with E-state index < -0.39 is 0 Å². The van der Waals surface area contributed by atoms with Crippen LogP contribution in [0.1, 0.15) is 18.7 Å². The summed E-state index contributed by atoms with van der Waals surface area (Å²) >= 11 is 5.34. The molecule has 0 bridgehead atoms. The number of H-pyrrole nitrogens is 1. The summed E-state index contributed by atoms with van der Waals surface area (Å²) in [6.45, 7) is 2.10. The molecule has 3 aromatic heterocycles. The number of nitrogens with one attached hydrogen (secondary N) is 1. The van der Waals surface area contributed by atoms with Crippen molar-refractivity contribution in [2.45, 2.75) is 19.4 Å². The zero-order valence-electron chi connectivity index (χ0n) is 11.0. The molecule has 0 aliphatic heterocycles. The summed E-state index contributed by atoms with van der Waals surface area (Å²) in [7, 11) is 0. The predicted octanol–water partition coefficient (Wildman–Crippen LogP) is 3.40. The monoisotopic (exact) mass is 286 g/mol. The minimum absolute atomic E-state index is 0.149. The fraction of sp³-hybridized carbons (Fsp3) is 0.214. The molecule has 0 amide bonds. The molecule has 3 rings (SSSR count). The summed E-state index contributed by atoms with van der Waals surface area (Å²) in [5.74, 6) is 1.75. The van der Waals surface area contributed by atoms with E-state index in [-0.39, 0.29) is 6.04 Å². The van der Waals surface area contributed by atoms with E-state index in [1.165, 1.54) is 0 Å². The van der Waals surface area contributed by atoms with Gasteiger partial charge in [-0.05, 0) is 43.4 Å². The lowest BCUT2D eigenvalue weighted by molar-refractivity contribution is 0.448. The van der Waals surface area contributed by atoms with Crippen LogP contribution in [0.3, 0.4) is 0 Å². The Morgan fingerprint density at radius 2 is 2.15 bits per heavy atom. The first-order valence-corrected chi connectivity index (χ1v) is 6.76. The van der Waals surface area contributed by atoms with Crippen molar-refractivity contribution in [3.8, 4) is 11.4 Å². The van der Waals surface area contributed by atoms with Crippen molar-refractivity contribution in [2.24, 2.45) is 0 Å². The molecule has 3 aromatic rings. The number of nitrogens with zero attached hydrogens (tertiary/aromatic N) is 3.